The fourth-order valence-electron chi connectivity index (χ4n) is 5.99. The summed E-state index contributed by atoms with van der Waals surface area (Å²) >= 11 is 0. The lowest BCUT2D eigenvalue weighted by Crippen LogP contribution is -2.50. The summed E-state index contributed by atoms with van der Waals surface area (Å²) in [6, 6.07) is 10.4. The molecule has 2 aliphatic heterocycles. The van der Waals surface area contributed by atoms with Gasteiger partial charge in [-0.05, 0) is 68.0 Å². The molecule has 0 spiro atoms. The number of hydrogen-bond donors (Lipinski definition) is 0. The predicted octanol–water partition coefficient (Wildman–Crippen LogP) is 6.01. The fourth-order valence-corrected chi connectivity index (χ4v) is 5.99. The van der Waals surface area contributed by atoms with E-state index in [1.807, 2.05) is 25.3 Å². The van der Waals surface area contributed by atoms with Crippen LogP contribution in [-0.4, -0.2) is 50.4 Å². The van der Waals surface area contributed by atoms with E-state index < -0.39 is 0 Å². The second-order valence-electron chi connectivity index (χ2n) is 11.1. The number of carbonyl (C=O) groups is 1. The van der Waals surface area contributed by atoms with Crippen LogP contribution in [0.2, 0.25) is 0 Å². The average Bonchev–Trinajstić information content (AvgIpc) is 3.53. The van der Waals surface area contributed by atoms with E-state index in [9.17, 15) is 9.18 Å². The van der Waals surface area contributed by atoms with Gasteiger partial charge in [-0.3, -0.25) is 19.6 Å². The summed E-state index contributed by atoms with van der Waals surface area (Å²) < 4.78 is 15.7. The summed E-state index contributed by atoms with van der Waals surface area (Å²) in [4.78, 5) is 32.4. The molecular weight excluding hydrogens is 479 g/mol. The molecule has 0 N–H and O–H groups in total. The van der Waals surface area contributed by atoms with E-state index in [1.165, 1.54) is 44.2 Å². The van der Waals surface area contributed by atoms with Gasteiger partial charge in [-0.25, -0.2) is 14.4 Å². The first-order chi connectivity index (χ1) is 18.4. The predicted molar refractivity (Wildman–Crippen MR) is 148 cm³/mol. The van der Waals surface area contributed by atoms with Gasteiger partial charge < -0.3 is 4.57 Å². The number of aliphatic imine (C=N–C) groups is 1. The van der Waals surface area contributed by atoms with Crippen molar-refractivity contribution >= 4 is 17.7 Å². The van der Waals surface area contributed by atoms with Crippen LogP contribution in [0.3, 0.4) is 0 Å². The number of nitrogens with zero attached hydrogens (tertiary/aromatic N) is 6. The van der Waals surface area contributed by atoms with Crippen LogP contribution < -0.4 is 4.90 Å². The normalized spacial score (nSPS) is 19.7. The number of benzene rings is 1. The second-order valence-corrected chi connectivity index (χ2v) is 11.1. The minimum absolute atomic E-state index is 0.0820. The Hall–Kier alpha value is -3.55. The Kier molecular flexibility index (Phi) is 6.50. The zero-order chi connectivity index (χ0) is 26.4. The number of carbonyl (C=O) groups excluding carboxylic acids is 1. The molecule has 38 heavy (non-hydrogen) atoms. The first-order valence-corrected chi connectivity index (χ1v) is 13.9. The molecule has 1 saturated carbocycles. The minimum atomic E-state index is -0.268. The number of amides is 1. The topological polar surface area (TPSA) is 66.6 Å². The Morgan fingerprint density at radius 3 is 2.42 bits per heavy atom. The van der Waals surface area contributed by atoms with Crippen molar-refractivity contribution in [1.82, 2.24) is 19.4 Å². The molecule has 198 valence electrons. The molecule has 0 radical (unpaired) electrons. The van der Waals surface area contributed by atoms with E-state index in [4.69, 9.17) is 15.0 Å². The number of imidazole rings is 1. The Bertz CT molecular complexity index is 1350. The number of fused-ring (bicyclic) bond motifs is 3. The molecule has 0 unspecified atom stereocenters. The zero-order valence-electron chi connectivity index (χ0n) is 22.4. The first-order valence-electron chi connectivity index (χ1n) is 13.9. The Morgan fingerprint density at radius 2 is 1.76 bits per heavy atom. The highest BCUT2D eigenvalue weighted by atomic mass is 19.1. The molecule has 1 aromatic carbocycles. The Labute approximate surface area is 223 Å². The van der Waals surface area contributed by atoms with Crippen molar-refractivity contribution in [2.24, 2.45) is 16.8 Å². The molecule has 1 aliphatic carbocycles. The van der Waals surface area contributed by atoms with Crippen LogP contribution in [0.15, 0.2) is 47.6 Å². The smallest absolute Gasteiger partial charge is 0.283 e. The molecule has 6 rings (SSSR count). The zero-order valence-corrected chi connectivity index (χ0v) is 22.4. The first kappa shape index (κ1) is 24.8. The van der Waals surface area contributed by atoms with Gasteiger partial charge in [-0.2, -0.15) is 0 Å². The van der Waals surface area contributed by atoms with E-state index >= 15 is 0 Å². The van der Waals surface area contributed by atoms with Crippen molar-refractivity contribution < 1.29 is 9.18 Å². The standard InChI is InChI=1S/C30H35FN6O/c1-4-35-29(38)26-28(37-18-25(19(2)3)33-30(35)37)36(17-20-8-6-5-7-9-20)27(34-26)22-12-15-24(32-16-22)21-10-13-23(31)14-11-21/h10-16,19-20,25H,4-9,17-18H2,1-3H3/t25-/m0/s1. The van der Waals surface area contributed by atoms with Crippen molar-refractivity contribution in [3.05, 3.63) is 54.1 Å². The highest BCUT2D eigenvalue weighted by molar-refractivity contribution is 6.18. The lowest BCUT2D eigenvalue weighted by Gasteiger charge is -2.34. The van der Waals surface area contributed by atoms with Gasteiger partial charge in [0.1, 0.15) is 17.5 Å². The molecule has 0 saturated heterocycles. The third-order valence-electron chi connectivity index (χ3n) is 8.19. The average molecular weight is 515 g/mol. The van der Waals surface area contributed by atoms with Gasteiger partial charge in [0.05, 0.1) is 18.3 Å². The van der Waals surface area contributed by atoms with Gasteiger partial charge in [0.15, 0.2) is 5.69 Å². The monoisotopic (exact) mass is 514 g/mol. The lowest BCUT2D eigenvalue weighted by atomic mass is 9.89. The quantitative estimate of drug-likeness (QED) is 0.404. The van der Waals surface area contributed by atoms with Crippen LogP contribution in [0.4, 0.5) is 10.2 Å². The SMILES string of the molecule is CCN1C(=O)c2nc(-c3ccc(-c4ccc(F)cc4)nc3)n(CC3CCCCC3)c2N2C[C@@H](C(C)C)N=C12. The van der Waals surface area contributed by atoms with Crippen LogP contribution >= 0.6 is 0 Å². The van der Waals surface area contributed by atoms with Gasteiger partial charge in [0.2, 0.25) is 5.96 Å². The number of guanidine groups is 1. The fraction of sp³-hybridized carbons (Fsp3) is 0.467. The van der Waals surface area contributed by atoms with Gasteiger partial charge in [0, 0.05) is 30.4 Å². The molecule has 1 amide bonds. The van der Waals surface area contributed by atoms with Gasteiger partial charge in [-0.1, -0.05) is 33.1 Å². The van der Waals surface area contributed by atoms with Crippen molar-refractivity contribution in [2.45, 2.75) is 65.5 Å². The van der Waals surface area contributed by atoms with Crippen LogP contribution in [-0.2, 0) is 6.54 Å². The minimum Gasteiger partial charge on any atom is -0.310 e. The maximum absolute atomic E-state index is 13.7. The number of aromatic nitrogens is 3. The number of anilines is 1. The molecule has 3 aromatic rings. The highest BCUT2D eigenvalue weighted by Gasteiger charge is 2.44. The molecule has 2 aromatic heterocycles. The van der Waals surface area contributed by atoms with E-state index in [-0.39, 0.29) is 17.8 Å². The van der Waals surface area contributed by atoms with Crippen molar-refractivity contribution in [2.75, 3.05) is 18.0 Å². The summed E-state index contributed by atoms with van der Waals surface area (Å²) in [5.41, 5.74) is 3.00. The van der Waals surface area contributed by atoms with Crippen molar-refractivity contribution in [3.8, 4) is 22.6 Å². The molecule has 8 heteroatoms. The summed E-state index contributed by atoms with van der Waals surface area (Å²) in [5, 5.41) is 0. The summed E-state index contributed by atoms with van der Waals surface area (Å²) in [5.74, 6) is 2.99. The number of hydrogen-bond acceptors (Lipinski definition) is 5. The van der Waals surface area contributed by atoms with Crippen molar-refractivity contribution in [1.29, 1.82) is 0 Å². The number of pyridine rings is 1. The number of halogens is 1. The van der Waals surface area contributed by atoms with Gasteiger partial charge in [0.25, 0.3) is 5.91 Å². The van der Waals surface area contributed by atoms with E-state index in [0.717, 1.165) is 47.5 Å². The molecule has 0 bridgehead atoms. The molecule has 4 heterocycles. The number of rotatable bonds is 6. The van der Waals surface area contributed by atoms with Crippen molar-refractivity contribution in [3.63, 3.8) is 0 Å². The Balaban J connectivity index is 1.45. The molecule has 3 aliphatic rings. The van der Waals surface area contributed by atoms with Gasteiger partial charge in [-0.15, -0.1) is 0 Å². The lowest BCUT2D eigenvalue weighted by molar-refractivity contribution is 0.0841. The summed E-state index contributed by atoms with van der Waals surface area (Å²) in [6.07, 6.45) is 8.00. The molecular formula is C30H35FN6O. The highest BCUT2D eigenvalue weighted by Crippen LogP contribution is 2.39. The van der Waals surface area contributed by atoms with E-state index in [0.29, 0.717) is 24.1 Å². The maximum Gasteiger partial charge on any atom is 0.283 e. The van der Waals surface area contributed by atoms with Crippen LogP contribution in [0.5, 0.6) is 0 Å². The van der Waals surface area contributed by atoms with Crippen LogP contribution in [0, 0.1) is 17.7 Å². The molecule has 1 fully saturated rings. The summed E-state index contributed by atoms with van der Waals surface area (Å²) in [6.45, 7) is 8.49. The van der Waals surface area contributed by atoms with E-state index in [2.05, 4.69) is 23.3 Å². The molecule has 1 atom stereocenters. The Morgan fingerprint density at radius 1 is 1.03 bits per heavy atom. The maximum atomic E-state index is 13.7. The van der Waals surface area contributed by atoms with E-state index in [1.54, 1.807) is 17.0 Å². The van der Waals surface area contributed by atoms with Crippen LogP contribution in [0.1, 0.15) is 63.4 Å². The second kappa shape index (κ2) is 9.97. The van der Waals surface area contributed by atoms with Crippen LogP contribution in [0.25, 0.3) is 22.6 Å². The van der Waals surface area contributed by atoms with Gasteiger partial charge >= 0.3 is 0 Å². The molecule has 7 nitrogen and oxygen atoms in total. The largest absolute Gasteiger partial charge is 0.310 e. The third kappa shape index (κ3) is 4.29. The summed E-state index contributed by atoms with van der Waals surface area (Å²) in [7, 11) is 0. The third-order valence-corrected chi connectivity index (χ3v) is 8.19.